The summed E-state index contributed by atoms with van der Waals surface area (Å²) >= 11 is 0. The molecule has 5 nitrogen and oxygen atoms in total. The first-order valence-corrected chi connectivity index (χ1v) is 8.89. The van der Waals surface area contributed by atoms with Gasteiger partial charge in [0.05, 0.1) is 16.8 Å². The Morgan fingerprint density at radius 3 is 2.55 bits per heavy atom. The average molecular weight is 401 g/mol. The largest absolute Gasteiger partial charge is 0.416 e. The van der Waals surface area contributed by atoms with Crippen LogP contribution in [-0.2, 0) is 11.0 Å². The lowest BCUT2D eigenvalue weighted by molar-refractivity contribution is -0.137. The van der Waals surface area contributed by atoms with Gasteiger partial charge in [-0.1, -0.05) is 18.2 Å². The summed E-state index contributed by atoms with van der Waals surface area (Å²) in [7, 11) is 0. The molecule has 0 saturated heterocycles. The van der Waals surface area contributed by atoms with E-state index in [4.69, 9.17) is 5.73 Å². The maximum atomic E-state index is 12.9. The van der Waals surface area contributed by atoms with Crippen LogP contribution >= 0.6 is 0 Å². The first-order chi connectivity index (χ1) is 13.7. The highest BCUT2D eigenvalue weighted by atomic mass is 19.4. The van der Waals surface area contributed by atoms with E-state index in [0.29, 0.717) is 40.7 Å². The number of nitrogens with two attached hydrogens (primary N) is 1. The zero-order chi connectivity index (χ0) is 21.0. The Labute approximate surface area is 164 Å². The molecule has 29 heavy (non-hydrogen) atoms. The minimum atomic E-state index is -4.42. The fourth-order valence-electron chi connectivity index (χ4n) is 2.85. The van der Waals surface area contributed by atoms with E-state index in [2.05, 4.69) is 10.3 Å². The van der Waals surface area contributed by atoms with Gasteiger partial charge in [-0.25, -0.2) is 4.98 Å². The van der Waals surface area contributed by atoms with Crippen LogP contribution in [0.15, 0.2) is 54.6 Å². The van der Waals surface area contributed by atoms with Gasteiger partial charge in [0.1, 0.15) is 0 Å². The Bertz CT molecular complexity index is 1060. The summed E-state index contributed by atoms with van der Waals surface area (Å²) in [6.45, 7) is 0.326. The van der Waals surface area contributed by atoms with Crippen LogP contribution in [0.3, 0.4) is 0 Å². The zero-order valence-electron chi connectivity index (χ0n) is 15.3. The van der Waals surface area contributed by atoms with Crippen molar-refractivity contribution in [2.24, 2.45) is 5.73 Å². The molecule has 0 saturated carbocycles. The zero-order valence-corrected chi connectivity index (χ0v) is 15.3. The summed E-state index contributed by atoms with van der Waals surface area (Å²) in [6, 6.07) is 13.2. The van der Waals surface area contributed by atoms with Gasteiger partial charge in [0.2, 0.25) is 5.91 Å². The molecule has 150 valence electrons. The van der Waals surface area contributed by atoms with Gasteiger partial charge in [0.25, 0.3) is 5.91 Å². The van der Waals surface area contributed by atoms with E-state index in [9.17, 15) is 22.8 Å². The monoisotopic (exact) mass is 401 g/mol. The van der Waals surface area contributed by atoms with Crippen molar-refractivity contribution >= 4 is 22.7 Å². The van der Waals surface area contributed by atoms with Gasteiger partial charge < -0.3 is 11.1 Å². The lowest BCUT2D eigenvalue weighted by Gasteiger charge is -2.09. The molecular weight excluding hydrogens is 383 g/mol. The Balaban J connectivity index is 1.79. The number of hydrogen-bond donors (Lipinski definition) is 2. The van der Waals surface area contributed by atoms with Crippen LogP contribution in [0.1, 0.15) is 28.8 Å². The van der Waals surface area contributed by atoms with Crippen molar-refractivity contribution in [3.05, 3.63) is 65.7 Å². The van der Waals surface area contributed by atoms with Gasteiger partial charge in [0.15, 0.2) is 0 Å². The molecule has 0 bridgehead atoms. The van der Waals surface area contributed by atoms with E-state index in [0.717, 1.165) is 12.1 Å². The van der Waals surface area contributed by atoms with Gasteiger partial charge in [-0.3, -0.25) is 9.59 Å². The highest BCUT2D eigenvalue weighted by Gasteiger charge is 2.30. The number of aromatic nitrogens is 1. The molecule has 0 aliphatic rings. The number of nitrogens with one attached hydrogen (secondary N) is 1. The number of benzene rings is 2. The highest BCUT2D eigenvalue weighted by Crippen LogP contribution is 2.32. The van der Waals surface area contributed by atoms with Gasteiger partial charge >= 0.3 is 6.18 Å². The number of fused-ring (bicyclic) bond motifs is 1. The summed E-state index contributed by atoms with van der Waals surface area (Å²) < 4.78 is 38.8. The minimum Gasteiger partial charge on any atom is -0.370 e. The molecule has 0 atom stereocenters. The fraction of sp³-hybridized carbons (Fsp3) is 0.190. The summed E-state index contributed by atoms with van der Waals surface area (Å²) in [5.41, 5.74) is 6.07. The van der Waals surface area contributed by atoms with E-state index < -0.39 is 17.6 Å². The number of carbonyl (C=O) groups excluding carboxylic acids is 2. The maximum absolute atomic E-state index is 12.9. The Kier molecular flexibility index (Phi) is 5.81. The van der Waals surface area contributed by atoms with Crippen molar-refractivity contribution in [2.45, 2.75) is 19.0 Å². The third-order valence-electron chi connectivity index (χ3n) is 4.32. The second-order valence-corrected chi connectivity index (χ2v) is 6.51. The molecule has 0 unspecified atom stereocenters. The number of carbonyl (C=O) groups is 2. The molecule has 3 aromatic rings. The normalized spacial score (nSPS) is 11.4. The molecule has 0 radical (unpaired) electrons. The minimum absolute atomic E-state index is 0.195. The molecule has 2 amide bonds. The van der Waals surface area contributed by atoms with Crippen molar-refractivity contribution in [1.82, 2.24) is 10.3 Å². The molecule has 0 fully saturated rings. The van der Waals surface area contributed by atoms with E-state index in [1.54, 1.807) is 36.4 Å². The third-order valence-corrected chi connectivity index (χ3v) is 4.32. The number of pyridine rings is 1. The van der Waals surface area contributed by atoms with Crippen molar-refractivity contribution < 1.29 is 22.8 Å². The quantitative estimate of drug-likeness (QED) is 0.614. The predicted molar refractivity (Wildman–Crippen MR) is 103 cm³/mol. The molecule has 2 aromatic carbocycles. The van der Waals surface area contributed by atoms with Crippen molar-refractivity contribution in [2.75, 3.05) is 6.54 Å². The second-order valence-electron chi connectivity index (χ2n) is 6.51. The number of halogens is 3. The molecule has 3 rings (SSSR count). The summed E-state index contributed by atoms with van der Waals surface area (Å²) in [6.07, 6.45) is -3.77. The van der Waals surface area contributed by atoms with Crippen molar-refractivity contribution in [1.29, 1.82) is 0 Å². The Morgan fingerprint density at radius 1 is 1.03 bits per heavy atom. The third kappa shape index (κ3) is 5.10. The SMILES string of the molecule is NC(=O)CCCNC(=O)c1ccc2nc(-c3cccc(C(F)(F)F)c3)ccc2c1. The van der Waals surface area contributed by atoms with E-state index in [1.807, 2.05) is 0 Å². The van der Waals surface area contributed by atoms with E-state index >= 15 is 0 Å². The second kappa shape index (κ2) is 8.30. The Morgan fingerprint density at radius 2 is 1.83 bits per heavy atom. The molecule has 0 aliphatic carbocycles. The average Bonchev–Trinajstić information content (AvgIpc) is 2.69. The fourth-order valence-corrected chi connectivity index (χ4v) is 2.85. The first-order valence-electron chi connectivity index (χ1n) is 8.89. The highest BCUT2D eigenvalue weighted by molar-refractivity contribution is 5.98. The van der Waals surface area contributed by atoms with Gasteiger partial charge in [-0.2, -0.15) is 13.2 Å². The van der Waals surface area contributed by atoms with Crippen LogP contribution in [0.2, 0.25) is 0 Å². The standard InChI is InChI=1S/C21H18F3N3O2/c22-21(23,24)16-4-1-3-13(12-16)17-8-6-14-11-15(7-9-18(14)27-17)20(29)26-10-2-5-19(25)28/h1,3-4,6-9,11-12H,2,5,10H2,(H2,25,28)(H,26,29). The lowest BCUT2D eigenvalue weighted by atomic mass is 10.0. The molecule has 3 N–H and O–H groups in total. The van der Waals surface area contributed by atoms with Gasteiger partial charge in [-0.05, 0) is 42.8 Å². The maximum Gasteiger partial charge on any atom is 0.416 e. The van der Waals surface area contributed by atoms with Crippen LogP contribution < -0.4 is 11.1 Å². The van der Waals surface area contributed by atoms with E-state index in [-0.39, 0.29) is 12.3 Å². The molecule has 8 heteroatoms. The topological polar surface area (TPSA) is 85.1 Å². The Hall–Kier alpha value is -3.42. The smallest absolute Gasteiger partial charge is 0.370 e. The van der Waals surface area contributed by atoms with Crippen LogP contribution in [0.25, 0.3) is 22.2 Å². The number of hydrogen-bond acceptors (Lipinski definition) is 3. The first kappa shape index (κ1) is 20.3. The van der Waals surface area contributed by atoms with E-state index in [1.165, 1.54) is 6.07 Å². The van der Waals surface area contributed by atoms with Crippen LogP contribution in [-0.4, -0.2) is 23.3 Å². The molecular formula is C21H18F3N3O2. The van der Waals surface area contributed by atoms with Crippen LogP contribution in [0, 0.1) is 0 Å². The van der Waals surface area contributed by atoms with Gasteiger partial charge in [-0.15, -0.1) is 0 Å². The number of amides is 2. The number of alkyl halides is 3. The lowest BCUT2D eigenvalue weighted by Crippen LogP contribution is -2.25. The molecule has 0 aliphatic heterocycles. The number of primary amides is 1. The van der Waals surface area contributed by atoms with Crippen LogP contribution in [0.5, 0.6) is 0 Å². The number of nitrogens with zero attached hydrogens (tertiary/aromatic N) is 1. The predicted octanol–water partition coefficient (Wildman–Crippen LogP) is 3.92. The summed E-state index contributed by atoms with van der Waals surface area (Å²) in [4.78, 5) is 27.3. The molecule has 0 spiro atoms. The molecule has 1 heterocycles. The van der Waals surface area contributed by atoms with Crippen molar-refractivity contribution in [3.63, 3.8) is 0 Å². The number of rotatable bonds is 6. The summed E-state index contributed by atoms with van der Waals surface area (Å²) in [5.74, 6) is -0.717. The van der Waals surface area contributed by atoms with Crippen molar-refractivity contribution in [3.8, 4) is 11.3 Å². The van der Waals surface area contributed by atoms with Crippen LogP contribution in [0.4, 0.5) is 13.2 Å². The van der Waals surface area contributed by atoms with Gasteiger partial charge in [0, 0.05) is 29.5 Å². The molecule has 1 aromatic heterocycles. The summed E-state index contributed by atoms with van der Waals surface area (Å²) in [5, 5.41) is 3.39.